The first-order valence-electron chi connectivity index (χ1n) is 5.47. The zero-order valence-corrected chi connectivity index (χ0v) is 9.68. The molecule has 0 saturated carbocycles. The minimum atomic E-state index is 0.529. The summed E-state index contributed by atoms with van der Waals surface area (Å²) in [6, 6.07) is 17.4. The third-order valence-electron chi connectivity index (χ3n) is 2.62. The highest BCUT2D eigenvalue weighted by molar-refractivity contribution is 5.36. The Hall–Kier alpha value is -2.27. The van der Waals surface area contributed by atoms with E-state index < -0.39 is 0 Å². The van der Waals surface area contributed by atoms with Crippen LogP contribution in [0.25, 0.3) is 0 Å². The standard InChI is InChI=1S/C15H13NO/c1-12-5-2-3-7-14(12)11-17-15-8-4-6-13(9-15)10-16/h2-9H,11H2,1H3. The van der Waals surface area contributed by atoms with Crippen LogP contribution >= 0.6 is 0 Å². The molecule has 2 nitrogen and oxygen atoms in total. The molecule has 0 aromatic heterocycles. The van der Waals surface area contributed by atoms with Gasteiger partial charge >= 0.3 is 0 Å². The Bertz CT molecular complexity index is 555. The van der Waals surface area contributed by atoms with Crippen LogP contribution in [0.5, 0.6) is 5.75 Å². The van der Waals surface area contributed by atoms with E-state index in [0.717, 1.165) is 11.3 Å². The third kappa shape index (κ3) is 2.85. The number of rotatable bonds is 3. The molecule has 0 aliphatic rings. The average molecular weight is 223 g/mol. The molecule has 0 saturated heterocycles. The number of aryl methyl sites for hydroxylation is 1. The van der Waals surface area contributed by atoms with Gasteiger partial charge in [0.25, 0.3) is 0 Å². The van der Waals surface area contributed by atoms with E-state index in [0.29, 0.717) is 12.2 Å². The first kappa shape index (κ1) is 11.2. The number of hydrogen-bond donors (Lipinski definition) is 0. The SMILES string of the molecule is Cc1ccccc1COc1cccc(C#N)c1. The number of nitriles is 1. The van der Waals surface area contributed by atoms with E-state index in [1.54, 1.807) is 12.1 Å². The number of benzene rings is 2. The lowest BCUT2D eigenvalue weighted by Crippen LogP contribution is -1.97. The van der Waals surface area contributed by atoms with Gasteiger partial charge in [0, 0.05) is 0 Å². The summed E-state index contributed by atoms with van der Waals surface area (Å²) in [6.07, 6.45) is 0. The molecule has 0 fully saturated rings. The summed E-state index contributed by atoms with van der Waals surface area (Å²) in [6.45, 7) is 2.59. The van der Waals surface area contributed by atoms with Crippen molar-refractivity contribution < 1.29 is 4.74 Å². The van der Waals surface area contributed by atoms with Crippen LogP contribution in [0.4, 0.5) is 0 Å². The molecular weight excluding hydrogens is 210 g/mol. The molecule has 0 heterocycles. The van der Waals surface area contributed by atoms with Crippen LogP contribution in [0.15, 0.2) is 48.5 Å². The van der Waals surface area contributed by atoms with Gasteiger partial charge in [-0.25, -0.2) is 0 Å². The fourth-order valence-corrected chi connectivity index (χ4v) is 1.59. The van der Waals surface area contributed by atoms with Crippen LogP contribution in [0.2, 0.25) is 0 Å². The van der Waals surface area contributed by atoms with Crippen LogP contribution in [0, 0.1) is 18.3 Å². The molecule has 0 aliphatic carbocycles. The van der Waals surface area contributed by atoms with Crippen molar-refractivity contribution in [3.05, 3.63) is 65.2 Å². The Morgan fingerprint density at radius 2 is 1.94 bits per heavy atom. The molecule has 17 heavy (non-hydrogen) atoms. The maximum atomic E-state index is 8.79. The Morgan fingerprint density at radius 3 is 2.71 bits per heavy atom. The summed E-state index contributed by atoms with van der Waals surface area (Å²) >= 11 is 0. The zero-order valence-electron chi connectivity index (χ0n) is 9.68. The molecule has 0 N–H and O–H groups in total. The van der Waals surface area contributed by atoms with Crippen LogP contribution in [0.3, 0.4) is 0 Å². The van der Waals surface area contributed by atoms with Crippen LogP contribution in [0.1, 0.15) is 16.7 Å². The molecule has 84 valence electrons. The lowest BCUT2D eigenvalue weighted by Gasteiger charge is -2.08. The van der Waals surface area contributed by atoms with Crippen LogP contribution in [-0.4, -0.2) is 0 Å². The maximum Gasteiger partial charge on any atom is 0.121 e. The van der Waals surface area contributed by atoms with Crippen molar-refractivity contribution in [1.29, 1.82) is 5.26 Å². The minimum Gasteiger partial charge on any atom is -0.489 e. The molecule has 0 spiro atoms. The molecule has 0 radical (unpaired) electrons. The van der Waals surface area contributed by atoms with Gasteiger partial charge in [-0.2, -0.15) is 5.26 Å². The molecule has 2 rings (SSSR count). The number of nitrogens with zero attached hydrogens (tertiary/aromatic N) is 1. The Morgan fingerprint density at radius 1 is 1.12 bits per heavy atom. The van der Waals surface area contributed by atoms with Gasteiger partial charge < -0.3 is 4.74 Å². The molecule has 2 heteroatoms. The molecule has 2 aromatic carbocycles. The predicted octanol–water partition coefficient (Wildman–Crippen LogP) is 3.45. The topological polar surface area (TPSA) is 33.0 Å². The van der Waals surface area contributed by atoms with Crippen LogP contribution < -0.4 is 4.74 Å². The lowest BCUT2D eigenvalue weighted by molar-refractivity contribution is 0.305. The van der Waals surface area contributed by atoms with Gasteiger partial charge in [-0.3, -0.25) is 0 Å². The molecule has 0 bridgehead atoms. The van der Waals surface area contributed by atoms with Gasteiger partial charge in [0.2, 0.25) is 0 Å². The molecule has 0 atom stereocenters. The van der Waals surface area contributed by atoms with Crippen molar-refractivity contribution in [3.8, 4) is 11.8 Å². The van der Waals surface area contributed by atoms with E-state index >= 15 is 0 Å². The van der Waals surface area contributed by atoms with E-state index in [2.05, 4.69) is 19.1 Å². The summed E-state index contributed by atoms with van der Waals surface area (Å²) in [5.74, 6) is 0.729. The summed E-state index contributed by atoms with van der Waals surface area (Å²) in [5, 5.41) is 8.79. The van der Waals surface area contributed by atoms with Crippen molar-refractivity contribution in [2.24, 2.45) is 0 Å². The van der Waals surface area contributed by atoms with Gasteiger partial charge in [0.15, 0.2) is 0 Å². The van der Waals surface area contributed by atoms with E-state index in [1.807, 2.05) is 30.3 Å². The highest BCUT2D eigenvalue weighted by Crippen LogP contribution is 2.15. The first-order chi connectivity index (χ1) is 8.29. The van der Waals surface area contributed by atoms with Gasteiger partial charge in [0.1, 0.15) is 12.4 Å². The largest absolute Gasteiger partial charge is 0.489 e. The molecular formula is C15H13NO. The van der Waals surface area contributed by atoms with E-state index in [-0.39, 0.29) is 0 Å². The second-order valence-electron chi connectivity index (χ2n) is 3.85. The van der Waals surface area contributed by atoms with Crippen molar-refractivity contribution >= 4 is 0 Å². The van der Waals surface area contributed by atoms with E-state index in [9.17, 15) is 0 Å². The molecule has 0 unspecified atom stereocenters. The second kappa shape index (κ2) is 5.18. The maximum absolute atomic E-state index is 8.79. The monoisotopic (exact) mass is 223 g/mol. The van der Waals surface area contributed by atoms with Gasteiger partial charge in [0.05, 0.1) is 11.6 Å². The predicted molar refractivity (Wildman–Crippen MR) is 66.7 cm³/mol. The summed E-state index contributed by atoms with van der Waals surface area (Å²) in [5.41, 5.74) is 2.99. The highest BCUT2D eigenvalue weighted by Gasteiger charge is 1.99. The quantitative estimate of drug-likeness (QED) is 0.798. The smallest absolute Gasteiger partial charge is 0.121 e. The summed E-state index contributed by atoms with van der Waals surface area (Å²) < 4.78 is 5.66. The van der Waals surface area contributed by atoms with Gasteiger partial charge in [-0.15, -0.1) is 0 Å². The number of ether oxygens (including phenoxy) is 1. The lowest BCUT2D eigenvalue weighted by atomic mass is 10.1. The fourth-order valence-electron chi connectivity index (χ4n) is 1.59. The van der Waals surface area contributed by atoms with E-state index in [4.69, 9.17) is 10.00 Å². The normalized spacial score (nSPS) is 9.65. The fraction of sp³-hybridized carbons (Fsp3) is 0.133. The zero-order chi connectivity index (χ0) is 12.1. The summed E-state index contributed by atoms with van der Waals surface area (Å²) in [4.78, 5) is 0. The Balaban J connectivity index is 2.08. The van der Waals surface area contributed by atoms with Gasteiger partial charge in [-0.05, 0) is 36.2 Å². The number of hydrogen-bond acceptors (Lipinski definition) is 2. The van der Waals surface area contributed by atoms with Crippen molar-refractivity contribution in [2.45, 2.75) is 13.5 Å². The third-order valence-corrected chi connectivity index (χ3v) is 2.62. The van der Waals surface area contributed by atoms with Gasteiger partial charge in [-0.1, -0.05) is 30.3 Å². The van der Waals surface area contributed by atoms with Crippen molar-refractivity contribution in [1.82, 2.24) is 0 Å². The first-order valence-corrected chi connectivity index (χ1v) is 5.47. The minimum absolute atomic E-state index is 0.529. The molecule has 0 amide bonds. The van der Waals surface area contributed by atoms with E-state index in [1.165, 1.54) is 5.56 Å². The Kier molecular flexibility index (Phi) is 3.42. The molecule has 2 aromatic rings. The highest BCUT2D eigenvalue weighted by atomic mass is 16.5. The van der Waals surface area contributed by atoms with Crippen molar-refractivity contribution in [2.75, 3.05) is 0 Å². The average Bonchev–Trinajstić information content (AvgIpc) is 2.38. The second-order valence-corrected chi connectivity index (χ2v) is 3.85. The molecule has 0 aliphatic heterocycles. The van der Waals surface area contributed by atoms with Crippen LogP contribution in [-0.2, 0) is 6.61 Å². The Labute approximate surface area is 101 Å². The van der Waals surface area contributed by atoms with Crippen molar-refractivity contribution in [3.63, 3.8) is 0 Å². The summed E-state index contributed by atoms with van der Waals surface area (Å²) in [7, 11) is 0.